The molecular weight excluding hydrogens is 541 g/mol. The first-order valence-corrected chi connectivity index (χ1v) is 13.3. The SMILES string of the molecule is Cc1ccc(S(=O)(=O)NC(=O)C2=C(O)N(c3nc4ccccc4s3)NC2C(F)(F)F)cc1.c1ccccc1. The normalized spacial score (nSPS) is 15.8. The van der Waals surface area contributed by atoms with Crippen LogP contribution in [0.1, 0.15) is 5.56 Å². The summed E-state index contributed by atoms with van der Waals surface area (Å²) in [4.78, 5) is 16.5. The van der Waals surface area contributed by atoms with Crippen molar-refractivity contribution in [2.75, 3.05) is 5.01 Å². The van der Waals surface area contributed by atoms with Crippen LogP contribution in [0, 0.1) is 6.92 Å². The van der Waals surface area contributed by atoms with E-state index in [9.17, 15) is 31.5 Å². The maximum Gasteiger partial charge on any atom is 0.410 e. The van der Waals surface area contributed by atoms with Crippen molar-refractivity contribution in [2.24, 2.45) is 0 Å². The van der Waals surface area contributed by atoms with E-state index >= 15 is 0 Å². The molecule has 1 aliphatic heterocycles. The molecule has 0 saturated carbocycles. The third-order valence-electron chi connectivity index (χ3n) is 5.27. The van der Waals surface area contributed by atoms with Crippen LogP contribution in [0.5, 0.6) is 0 Å². The highest BCUT2D eigenvalue weighted by Crippen LogP contribution is 2.37. The molecule has 0 spiro atoms. The van der Waals surface area contributed by atoms with Crippen molar-refractivity contribution in [1.29, 1.82) is 0 Å². The van der Waals surface area contributed by atoms with Gasteiger partial charge in [0.25, 0.3) is 15.9 Å². The molecule has 13 heteroatoms. The van der Waals surface area contributed by atoms with Gasteiger partial charge in [-0.15, -0.1) is 0 Å². The fourth-order valence-corrected chi connectivity index (χ4v) is 5.32. The molecule has 38 heavy (non-hydrogen) atoms. The Hall–Kier alpha value is -3.94. The summed E-state index contributed by atoms with van der Waals surface area (Å²) < 4.78 is 68.2. The molecule has 0 fully saturated rings. The summed E-state index contributed by atoms with van der Waals surface area (Å²) in [5.74, 6) is -2.70. The van der Waals surface area contributed by atoms with Crippen LogP contribution in [0.3, 0.4) is 0 Å². The number of alkyl halides is 3. The molecule has 1 atom stereocenters. The largest absolute Gasteiger partial charge is 0.493 e. The quantitative estimate of drug-likeness (QED) is 0.327. The predicted molar refractivity (Wildman–Crippen MR) is 138 cm³/mol. The molecule has 1 aliphatic rings. The number of carbonyl (C=O) groups excluding carboxylic acids is 1. The maximum atomic E-state index is 13.7. The van der Waals surface area contributed by atoms with E-state index in [1.54, 1.807) is 35.9 Å². The second-order valence-corrected chi connectivity index (χ2v) is 10.7. The number of para-hydroxylation sites is 1. The summed E-state index contributed by atoms with van der Waals surface area (Å²) in [6, 6.07) is 21.4. The molecule has 8 nitrogen and oxygen atoms in total. The second kappa shape index (κ2) is 10.8. The Morgan fingerprint density at radius 1 is 1.00 bits per heavy atom. The van der Waals surface area contributed by atoms with E-state index in [4.69, 9.17) is 0 Å². The monoisotopic (exact) mass is 562 g/mol. The van der Waals surface area contributed by atoms with Crippen LogP contribution in [0.25, 0.3) is 10.2 Å². The minimum atomic E-state index is -5.01. The zero-order valence-electron chi connectivity index (χ0n) is 19.7. The lowest BCUT2D eigenvalue weighted by atomic mass is 10.1. The molecule has 5 rings (SSSR count). The zero-order valence-corrected chi connectivity index (χ0v) is 21.3. The molecular formula is C25H21F3N4O4S2. The van der Waals surface area contributed by atoms with Crippen LogP contribution in [-0.2, 0) is 14.8 Å². The average molecular weight is 563 g/mol. The van der Waals surface area contributed by atoms with Gasteiger partial charge in [0.2, 0.25) is 11.0 Å². The maximum absolute atomic E-state index is 13.7. The van der Waals surface area contributed by atoms with Crippen LogP contribution in [0.2, 0.25) is 0 Å². The van der Waals surface area contributed by atoms with Crippen molar-refractivity contribution >= 4 is 42.6 Å². The molecule has 3 aromatic carbocycles. The molecule has 198 valence electrons. The molecule has 2 heterocycles. The van der Waals surface area contributed by atoms with Gasteiger partial charge in [0.05, 0.1) is 15.1 Å². The first-order valence-electron chi connectivity index (χ1n) is 11.0. The summed E-state index contributed by atoms with van der Waals surface area (Å²) in [6.45, 7) is 1.71. The van der Waals surface area contributed by atoms with Gasteiger partial charge in [-0.05, 0) is 31.2 Å². The van der Waals surface area contributed by atoms with Crippen LogP contribution in [0.15, 0.2) is 101 Å². The molecule has 0 bridgehead atoms. The highest BCUT2D eigenvalue weighted by atomic mass is 32.2. The molecule has 1 amide bonds. The molecule has 3 N–H and O–H groups in total. The number of thiazole rings is 1. The molecule has 0 radical (unpaired) electrons. The number of nitrogens with one attached hydrogen (secondary N) is 2. The average Bonchev–Trinajstić information content (AvgIpc) is 3.46. The van der Waals surface area contributed by atoms with Crippen molar-refractivity contribution in [2.45, 2.75) is 24.0 Å². The van der Waals surface area contributed by atoms with E-state index in [0.717, 1.165) is 16.9 Å². The number of aliphatic hydroxyl groups is 1. The summed E-state index contributed by atoms with van der Waals surface area (Å²) >= 11 is 0.977. The molecule has 1 unspecified atom stereocenters. The van der Waals surface area contributed by atoms with E-state index < -0.39 is 39.6 Å². The Bertz CT molecular complexity index is 1510. The standard InChI is InChI=1S/C19H15F3N4O4S2.C6H6/c1-10-6-8-11(9-7-10)32(29,30)25-16(27)14-15(19(20,21)22)24-26(17(14)28)18-23-12-4-2-3-5-13(12)31-18;1-2-4-6-5-3-1/h2-9,15,24,28H,1H3,(H,25,27);1-6H. The number of sulfonamides is 1. The van der Waals surface area contributed by atoms with Gasteiger partial charge in [-0.3, -0.25) is 4.79 Å². The number of nitrogens with zero attached hydrogens (tertiary/aromatic N) is 2. The van der Waals surface area contributed by atoms with Gasteiger partial charge in [0.1, 0.15) is 5.57 Å². The van der Waals surface area contributed by atoms with Crippen LogP contribution >= 0.6 is 11.3 Å². The van der Waals surface area contributed by atoms with Gasteiger partial charge < -0.3 is 5.11 Å². The van der Waals surface area contributed by atoms with E-state index in [1.807, 2.05) is 41.8 Å². The van der Waals surface area contributed by atoms with Gasteiger partial charge >= 0.3 is 6.18 Å². The number of aliphatic hydroxyl groups excluding tert-OH is 1. The third-order valence-corrected chi connectivity index (χ3v) is 7.64. The van der Waals surface area contributed by atoms with E-state index in [1.165, 1.54) is 24.3 Å². The lowest BCUT2D eigenvalue weighted by Crippen LogP contribution is -2.48. The number of hydrogen-bond donors (Lipinski definition) is 3. The summed E-state index contributed by atoms with van der Waals surface area (Å²) in [7, 11) is -4.48. The number of aromatic nitrogens is 1. The number of rotatable bonds is 4. The fraction of sp³-hybridized carbons (Fsp3) is 0.120. The number of fused-ring (bicyclic) bond motifs is 1. The van der Waals surface area contributed by atoms with Crippen LogP contribution < -0.4 is 15.2 Å². The zero-order chi connectivity index (χ0) is 27.5. The summed E-state index contributed by atoms with van der Waals surface area (Å²) in [5, 5.41) is 11.1. The van der Waals surface area contributed by atoms with E-state index in [2.05, 4.69) is 4.98 Å². The first-order chi connectivity index (χ1) is 18.0. The second-order valence-electron chi connectivity index (χ2n) is 8.04. The van der Waals surface area contributed by atoms with E-state index in [0.29, 0.717) is 15.2 Å². The number of hydrogen-bond acceptors (Lipinski definition) is 8. The van der Waals surface area contributed by atoms with Gasteiger partial charge in [-0.2, -0.15) is 13.2 Å². The van der Waals surface area contributed by atoms with Crippen molar-refractivity contribution in [3.63, 3.8) is 0 Å². The van der Waals surface area contributed by atoms with Gasteiger partial charge in [0.15, 0.2) is 6.04 Å². The Morgan fingerprint density at radius 2 is 1.58 bits per heavy atom. The van der Waals surface area contributed by atoms with Crippen LogP contribution in [0.4, 0.5) is 18.3 Å². The number of hydrazine groups is 1. The number of aryl methyl sites for hydroxylation is 1. The Labute approximate surface area is 220 Å². The van der Waals surface area contributed by atoms with Gasteiger partial charge in [-0.25, -0.2) is 28.6 Å². The minimum Gasteiger partial charge on any atom is -0.493 e. The molecule has 1 aromatic heterocycles. The highest BCUT2D eigenvalue weighted by molar-refractivity contribution is 7.90. The summed E-state index contributed by atoms with van der Waals surface area (Å²) in [6.07, 6.45) is -5.01. The fourth-order valence-electron chi connectivity index (χ4n) is 3.41. The summed E-state index contributed by atoms with van der Waals surface area (Å²) in [5.41, 5.74) is 2.04. The number of halogens is 3. The number of carbonyl (C=O) groups is 1. The van der Waals surface area contributed by atoms with Crippen molar-refractivity contribution in [1.82, 2.24) is 15.1 Å². The Kier molecular flexibility index (Phi) is 7.71. The predicted octanol–water partition coefficient (Wildman–Crippen LogP) is 4.82. The Morgan fingerprint density at radius 3 is 2.13 bits per heavy atom. The lowest BCUT2D eigenvalue weighted by molar-refractivity contribution is -0.148. The molecule has 0 aliphatic carbocycles. The number of anilines is 1. The smallest absolute Gasteiger partial charge is 0.410 e. The van der Waals surface area contributed by atoms with Crippen molar-refractivity contribution in [3.05, 3.63) is 102 Å². The van der Waals surface area contributed by atoms with Crippen LogP contribution in [-0.4, -0.2) is 36.6 Å². The minimum absolute atomic E-state index is 0.0536. The molecule has 4 aromatic rings. The first kappa shape index (κ1) is 27.1. The van der Waals surface area contributed by atoms with Crippen molar-refractivity contribution < 1.29 is 31.5 Å². The highest BCUT2D eigenvalue weighted by Gasteiger charge is 2.52. The van der Waals surface area contributed by atoms with Gasteiger partial charge in [0, 0.05) is 0 Å². The number of amides is 1. The Balaban J connectivity index is 0.000000494. The topological polar surface area (TPSA) is 112 Å². The van der Waals surface area contributed by atoms with E-state index in [-0.39, 0.29) is 10.0 Å². The third kappa shape index (κ3) is 5.96. The number of benzene rings is 3. The molecule has 0 saturated heterocycles. The van der Waals surface area contributed by atoms with Gasteiger partial charge in [-0.1, -0.05) is 77.6 Å². The lowest BCUT2D eigenvalue weighted by Gasteiger charge is -2.20. The van der Waals surface area contributed by atoms with Crippen molar-refractivity contribution in [3.8, 4) is 0 Å².